The molecule has 0 aromatic rings. The quantitative estimate of drug-likeness (QED) is 0.591. The second-order valence-electron chi connectivity index (χ2n) is 6.09. The van der Waals surface area contributed by atoms with E-state index in [1.54, 1.807) is 7.11 Å². The molecule has 0 aliphatic carbocycles. The maximum absolute atomic E-state index is 5.21. The van der Waals surface area contributed by atoms with Crippen molar-refractivity contribution in [1.82, 2.24) is 10.2 Å². The lowest BCUT2D eigenvalue weighted by Gasteiger charge is -2.37. The third-order valence-electron chi connectivity index (χ3n) is 4.17. The number of nitrogens with one attached hydrogen (secondary N) is 1. The first-order chi connectivity index (χ1) is 9.03. The molecule has 0 amide bonds. The molecule has 0 bridgehead atoms. The van der Waals surface area contributed by atoms with Gasteiger partial charge in [-0.15, -0.1) is 0 Å². The second-order valence-corrected chi connectivity index (χ2v) is 6.09. The van der Waals surface area contributed by atoms with Crippen molar-refractivity contribution in [3.05, 3.63) is 0 Å². The lowest BCUT2D eigenvalue weighted by Crippen LogP contribution is -2.45. The Bertz CT molecular complexity index is 203. The van der Waals surface area contributed by atoms with E-state index in [2.05, 4.69) is 44.8 Å². The number of methoxy groups -OCH3 is 1. The van der Waals surface area contributed by atoms with Crippen LogP contribution in [-0.2, 0) is 4.74 Å². The lowest BCUT2D eigenvalue weighted by molar-refractivity contribution is 0.101. The fourth-order valence-corrected chi connectivity index (χ4v) is 2.45. The molecule has 3 heteroatoms. The second kappa shape index (κ2) is 10.6. The molecule has 0 radical (unpaired) electrons. The van der Waals surface area contributed by atoms with Crippen molar-refractivity contribution < 1.29 is 4.74 Å². The van der Waals surface area contributed by atoms with Gasteiger partial charge in [0.05, 0.1) is 6.61 Å². The summed E-state index contributed by atoms with van der Waals surface area (Å²) in [5.74, 6) is 0.724. The van der Waals surface area contributed by atoms with Crippen molar-refractivity contribution in [2.24, 2.45) is 11.3 Å². The number of rotatable bonds is 12. The maximum Gasteiger partial charge on any atom is 0.0589 e. The number of hydrogen-bond acceptors (Lipinski definition) is 3. The van der Waals surface area contributed by atoms with Crippen molar-refractivity contribution in [2.45, 2.75) is 47.5 Å². The van der Waals surface area contributed by atoms with E-state index in [0.29, 0.717) is 5.41 Å². The van der Waals surface area contributed by atoms with Crippen molar-refractivity contribution in [1.29, 1.82) is 0 Å². The SMILES string of the molecule is CCN(CCOC)CC(CC)(CC)CNCC(C)C. The Labute approximate surface area is 121 Å². The average molecular weight is 272 g/mol. The Morgan fingerprint density at radius 2 is 1.79 bits per heavy atom. The maximum atomic E-state index is 5.21. The molecule has 0 aromatic heterocycles. The van der Waals surface area contributed by atoms with E-state index in [4.69, 9.17) is 4.74 Å². The summed E-state index contributed by atoms with van der Waals surface area (Å²) in [7, 11) is 1.78. The Morgan fingerprint density at radius 3 is 2.21 bits per heavy atom. The van der Waals surface area contributed by atoms with Crippen LogP contribution in [0.4, 0.5) is 0 Å². The Kier molecular flexibility index (Phi) is 10.6. The van der Waals surface area contributed by atoms with Gasteiger partial charge in [-0.2, -0.15) is 0 Å². The molecule has 0 saturated heterocycles. The minimum absolute atomic E-state index is 0.401. The molecule has 0 spiro atoms. The zero-order chi connectivity index (χ0) is 14.7. The Morgan fingerprint density at radius 1 is 1.16 bits per heavy atom. The first-order valence-electron chi connectivity index (χ1n) is 7.95. The highest BCUT2D eigenvalue weighted by molar-refractivity contribution is 4.83. The smallest absolute Gasteiger partial charge is 0.0589 e. The minimum Gasteiger partial charge on any atom is -0.383 e. The van der Waals surface area contributed by atoms with Gasteiger partial charge in [0.2, 0.25) is 0 Å². The zero-order valence-electron chi connectivity index (χ0n) is 14.1. The van der Waals surface area contributed by atoms with Gasteiger partial charge in [-0.25, -0.2) is 0 Å². The molecule has 0 aromatic carbocycles. The van der Waals surface area contributed by atoms with Crippen LogP contribution in [0.3, 0.4) is 0 Å². The third-order valence-corrected chi connectivity index (χ3v) is 4.17. The number of ether oxygens (including phenoxy) is 1. The predicted octanol–water partition coefficient (Wildman–Crippen LogP) is 3.01. The van der Waals surface area contributed by atoms with Crippen LogP contribution in [0.5, 0.6) is 0 Å². The summed E-state index contributed by atoms with van der Waals surface area (Å²) in [6.07, 6.45) is 2.47. The van der Waals surface area contributed by atoms with Crippen molar-refractivity contribution in [3.8, 4) is 0 Å². The summed E-state index contributed by atoms with van der Waals surface area (Å²) in [6, 6.07) is 0. The fraction of sp³-hybridized carbons (Fsp3) is 1.00. The fourth-order valence-electron chi connectivity index (χ4n) is 2.45. The van der Waals surface area contributed by atoms with Gasteiger partial charge in [-0.05, 0) is 37.3 Å². The largest absolute Gasteiger partial charge is 0.383 e. The summed E-state index contributed by atoms with van der Waals surface area (Å²) < 4.78 is 5.21. The molecule has 3 nitrogen and oxygen atoms in total. The van der Waals surface area contributed by atoms with E-state index in [9.17, 15) is 0 Å². The van der Waals surface area contributed by atoms with Crippen LogP contribution in [0.15, 0.2) is 0 Å². The third kappa shape index (κ3) is 7.91. The summed E-state index contributed by atoms with van der Waals surface area (Å²) in [5.41, 5.74) is 0.401. The lowest BCUT2D eigenvalue weighted by atomic mass is 9.81. The van der Waals surface area contributed by atoms with Crippen LogP contribution in [-0.4, -0.2) is 51.3 Å². The predicted molar refractivity (Wildman–Crippen MR) is 84.7 cm³/mol. The molecule has 1 N–H and O–H groups in total. The molecule has 0 atom stereocenters. The summed E-state index contributed by atoms with van der Waals surface area (Å²) in [5, 5.41) is 3.66. The van der Waals surface area contributed by atoms with Crippen LogP contribution in [0.25, 0.3) is 0 Å². The number of likely N-dealkylation sites (N-methyl/N-ethyl adjacent to an activating group) is 1. The van der Waals surface area contributed by atoms with Gasteiger partial charge in [-0.3, -0.25) is 0 Å². The molecule has 19 heavy (non-hydrogen) atoms. The standard InChI is InChI=1S/C16H36N2O/c1-7-16(8-2,13-17-12-15(4)5)14-18(9-3)10-11-19-6/h15,17H,7-14H2,1-6H3. The van der Waals surface area contributed by atoms with Gasteiger partial charge < -0.3 is 15.0 Å². The molecule has 0 unspecified atom stereocenters. The number of hydrogen-bond donors (Lipinski definition) is 1. The molecule has 0 saturated carbocycles. The monoisotopic (exact) mass is 272 g/mol. The highest BCUT2D eigenvalue weighted by atomic mass is 16.5. The van der Waals surface area contributed by atoms with Gasteiger partial charge in [0.1, 0.15) is 0 Å². The van der Waals surface area contributed by atoms with Gasteiger partial charge in [0, 0.05) is 26.7 Å². The van der Waals surface area contributed by atoms with E-state index in [-0.39, 0.29) is 0 Å². The molecule has 116 valence electrons. The van der Waals surface area contributed by atoms with Crippen molar-refractivity contribution in [3.63, 3.8) is 0 Å². The minimum atomic E-state index is 0.401. The molecular weight excluding hydrogens is 236 g/mol. The van der Waals surface area contributed by atoms with Gasteiger partial charge >= 0.3 is 0 Å². The molecule has 0 heterocycles. The summed E-state index contributed by atoms with van der Waals surface area (Å²) in [6.45, 7) is 17.8. The normalized spacial score (nSPS) is 12.6. The Hall–Kier alpha value is -0.120. The zero-order valence-corrected chi connectivity index (χ0v) is 14.1. The van der Waals surface area contributed by atoms with Gasteiger partial charge in [0.25, 0.3) is 0 Å². The van der Waals surface area contributed by atoms with Gasteiger partial charge in [0.15, 0.2) is 0 Å². The first-order valence-corrected chi connectivity index (χ1v) is 7.95. The highest BCUT2D eigenvalue weighted by Gasteiger charge is 2.28. The van der Waals surface area contributed by atoms with E-state index in [1.807, 2.05) is 0 Å². The van der Waals surface area contributed by atoms with E-state index in [0.717, 1.165) is 38.7 Å². The Balaban J connectivity index is 4.40. The first kappa shape index (κ1) is 18.9. The number of nitrogens with zero attached hydrogens (tertiary/aromatic N) is 1. The van der Waals surface area contributed by atoms with Crippen LogP contribution < -0.4 is 5.32 Å². The van der Waals surface area contributed by atoms with Crippen LogP contribution in [0.1, 0.15) is 47.5 Å². The molecule has 0 rings (SSSR count). The molecule has 0 aliphatic rings. The van der Waals surface area contributed by atoms with Crippen LogP contribution >= 0.6 is 0 Å². The van der Waals surface area contributed by atoms with Crippen molar-refractivity contribution >= 4 is 0 Å². The van der Waals surface area contributed by atoms with E-state index >= 15 is 0 Å². The van der Waals surface area contributed by atoms with Crippen LogP contribution in [0.2, 0.25) is 0 Å². The molecule has 0 fully saturated rings. The summed E-state index contributed by atoms with van der Waals surface area (Å²) >= 11 is 0. The molecule has 0 aliphatic heterocycles. The van der Waals surface area contributed by atoms with E-state index in [1.165, 1.54) is 19.4 Å². The average Bonchev–Trinajstić information content (AvgIpc) is 2.41. The van der Waals surface area contributed by atoms with Crippen LogP contribution in [0, 0.1) is 11.3 Å². The van der Waals surface area contributed by atoms with E-state index < -0.39 is 0 Å². The summed E-state index contributed by atoms with van der Waals surface area (Å²) in [4.78, 5) is 2.52. The van der Waals surface area contributed by atoms with Gasteiger partial charge in [-0.1, -0.05) is 34.6 Å². The topological polar surface area (TPSA) is 24.5 Å². The highest BCUT2D eigenvalue weighted by Crippen LogP contribution is 2.27. The van der Waals surface area contributed by atoms with Crippen molar-refractivity contribution in [2.75, 3.05) is 46.4 Å². The molecular formula is C16H36N2O.